The lowest BCUT2D eigenvalue weighted by molar-refractivity contribution is -0.310. The highest BCUT2D eigenvalue weighted by molar-refractivity contribution is 5.70. The van der Waals surface area contributed by atoms with Crippen molar-refractivity contribution in [2.24, 2.45) is 0 Å². The molecule has 0 unspecified atom stereocenters. The van der Waals surface area contributed by atoms with Gasteiger partial charge in [0.15, 0.2) is 0 Å². The number of hydrogen-bond acceptors (Lipinski definition) is 5. The number of carboxylic acid groups (broad SMARTS) is 2. The number of rotatable bonds is 7. The van der Waals surface area contributed by atoms with Gasteiger partial charge in [-0.25, -0.2) is 0 Å². The molecule has 0 heterocycles. The van der Waals surface area contributed by atoms with Crippen LogP contribution in [0.4, 0.5) is 0 Å². The van der Waals surface area contributed by atoms with Crippen LogP contribution in [0.25, 0.3) is 6.08 Å². The fraction of sp³-hybridized carbons (Fsp3) is 0.231. The first-order valence-corrected chi connectivity index (χ1v) is 5.34. The van der Waals surface area contributed by atoms with Gasteiger partial charge in [0, 0.05) is 19.6 Å². The lowest BCUT2D eigenvalue weighted by atomic mass is 10.1. The third-order valence-electron chi connectivity index (χ3n) is 2.33. The van der Waals surface area contributed by atoms with Crippen molar-refractivity contribution in [3.05, 3.63) is 42.0 Å². The molecule has 0 spiro atoms. The van der Waals surface area contributed by atoms with Gasteiger partial charge in [-0.3, -0.25) is 4.90 Å². The van der Waals surface area contributed by atoms with E-state index < -0.39 is 25.0 Å². The van der Waals surface area contributed by atoms with Crippen LogP contribution in [-0.2, 0) is 16.1 Å². The van der Waals surface area contributed by atoms with Crippen LogP contribution < -0.4 is 10.2 Å². The van der Waals surface area contributed by atoms with Crippen LogP contribution >= 0.6 is 0 Å². The molecule has 18 heavy (non-hydrogen) atoms. The molecule has 0 aliphatic carbocycles. The van der Waals surface area contributed by atoms with Gasteiger partial charge in [0.05, 0.1) is 11.9 Å². The highest BCUT2D eigenvalue weighted by Crippen LogP contribution is 2.08. The molecule has 0 aliphatic heterocycles. The number of carbonyl (C=O) groups is 2. The maximum absolute atomic E-state index is 10.5. The van der Waals surface area contributed by atoms with E-state index in [2.05, 4.69) is 6.58 Å². The summed E-state index contributed by atoms with van der Waals surface area (Å²) in [5.41, 5.74) is 1.74. The molecule has 0 saturated carbocycles. The van der Waals surface area contributed by atoms with Crippen LogP contribution in [0.2, 0.25) is 0 Å². The summed E-state index contributed by atoms with van der Waals surface area (Å²) in [6.45, 7) is 2.93. The zero-order valence-electron chi connectivity index (χ0n) is 9.80. The van der Waals surface area contributed by atoms with Gasteiger partial charge in [0.1, 0.15) is 0 Å². The van der Waals surface area contributed by atoms with Crippen molar-refractivity contribution in [1.82, 2.24) is 4.90 Å². The minimum atomic E-state index is -1.32. The van der Waals surface area contributed by atoms with Crippen molar-refractivity contribution in [2.45, 2.75) is 6.54 Å². The zero-order valence-corrected chi connectivity index (χ0v) is 9.80. The second-order valence-electron chi connectivity index (χ2n) is 3.83. The Balaban J connectivity index is 2.71. The molecular weight excluding hydrogens is 234 g/mol. The molecule has 1 aromatic carbocycles. The van der Waals surface area contributed by atoms with Gasteiger partial charge in [-0.2, -0.15) is 0 Å². The molecule has 0 atom stereocenters. The Hall–Kier alpha value is -2.14. The van der Waals surface area contributed by atoms with Crippen molar-refractivity contribution >= 4 is 18.0 Å². The standard InChI is InChI=1S/C13H15NO4/c1-2-10-3-5-11(6-4-10)7-14(8-12(15)16)9-13(17)18/h2-6H,1,7-9H2,(H,15,16)(H,17,18)/p-2. The van der Waals surface area contributed by atoms with E-state index in [0.717, 1.165) is 11.1 Å². The molecule has 0 aliphatic rings. The third kappa shape index (κ3) is 4.80. The van der Waals surface area contributed by atoms with Crippen LogP contribution in [0.3, 0.4) is 0 Å². The van der Waals surface area contributed by atoms with Gasteiger partial charge in [-0.05, 0) is 11.1 Å². The first kappa shape index (κ1) is 13.9. The predicted octanol–water partition coefficient (Wildman–Crippen LogP) is -1.37. The molecule has 0 bridgehead atoms. The van der Waals surface area contributed by atoms with Crippen molar-refractivity contribution in [3.63, 3.8) is 0 Å². The number of carboxylic acids is 2. The average molecular weight is 247 g/mol. The second kappa shape index (κ2) is 6.56. The number of benzene rings is 1. The summed E-state index contributed by atoms with van der Waals surface area (Å²) in [6, 6.07) is 7.21. The number of nitrogens with zero attached hydrogens (tertiary/aromatic N) is 1. The van der Waals surface area contributed by atoms with E-state index >= 15 is 0 Å². The van der Waals surface area contributed by atoms with E-state index in [-0.39, 0.29) is 6.54 Å². The molecule has 96 valence electrons. The third-order valence-corrected chi connectivity index (χ3v) is 2.33. The molecule has 0 saturated heterocycles. The molecule has 0 radical (unpaired) electrons. The van der Waals surface area contributed by atoms with E-state index in [1.165, 1.54) is 4.90 Å². The van der Waals surface area contributed by atoms with E-state index in [4.69, 9.17) is 0 Å². The SMILES string of the molecule is C=Cc1ccc(CN(CC(=O)[O-])CC(=O)[O-])cc1. The minimum Gasteiger partial charge on any atom is -0.549 e. The summed E-state index contributed by atoms with van der Waals surface area (Å²) < 4.78 is 0. The maximum Gasteiger partial charge on any atom is 0.0555 e. The van der Waals surface area contributed by atoms with E-state index in [1.807, 2.05) is 12.1 Å². The molecule has 0 fully saturated rings. The highest BCUT2D eigenvalue weighted by Gasteiger charge is 2.06. The number of aliphatic carboxylic acids is 2. The van der Waals surface area contributed by atoms with Gasteiger partial charge in [0.25, 0.3) is 0 Å². The van der Waals surface area contributed by atoms with E-state index in [9.17, 15) is 19.8 Å². The first-order valence-electron chi connectivity index (χ1n) is 5.34. The topological polar surface area (TPSA) is 83.5 Å². The fourth-order valence-corrected chi connectivity index (χ4v) is 1.55. The minimum absolute atomic E-state index is 0.208. The Kier molecular flexibility index (Phi) is 5.07. The normalized spacial score (nSPS) is 10.3. The molecule has 0 N–H and O–H groups in total. The molecule has 1 aromatic rings. The summed E-state index contributed by atoms with van der Waals surface area (Å²) >= 11 is 0. The molecule has 5 heteroatoms. The van der Waals surface area contributed by atoms with Gasteiger partial charge in [0.2, 0.25) is 0 Å². The smallest absolute Gasteiger partial charge is 0.0555 e. The molecule has 5 nitrogen and oxygen atoms in total. The lowest BCUT2D eigenvalue weighted by Gasteiger charge is -2.23. The average Bonchev–Trinajstić information content (AvgIpc) is 2.28. The Morgan fingerprint density at radius 1 is 1.11 bits per heavy atom. The van der Waals surface area contributed by atoms with Crippen molar-refractivity contribution in [2.75, 3.05) is 13.1 Å². The van der Waals surface area contributed by atoms with Crippen LogP contribution in [0.1, 0.15) is 11.1 Å². The summed E-state index contributed by atoms with van der Waals surface area (Å²) in [6.07, 6.45) is 1.68. The van der Waals surface area contributed by atoms with Gasteiger partial charge >= 0.3 is 0 Å². The molecule has 1 rings (SSSR count). The summed E-state index contributed by atoms with van der Waals surface area (Å²) in [7, 11) is 0. The molecule has 0 amide bonds. The number of carbonyl (C=O) groups excluding carboxylic acids is 2. The second-order valence-corrected chi connectivity index (χ2v) is 3.83. The first-order chi connectivity index (χ1) is 8.51. The van der Waals surface area contributed by atoms with Crippen molar-refractivity contribution in [1.29, 1.82) is 0 Å². The summed E-state index contributed by atoms with van der Waals surface area (Å²) in [4.78, 5) is 22.2. The molecular formula is C13H13NO4-2. The summed E-state index contributed by atoms with van der Waals surface area (Å²) in [5.74, 6) is -2.64. The van der Waals surface area contributed by atoms with Crippen LogP contribution in [0, 0.1) is 0 Å². The van der Waals surface area contributed by atoms with E-state index in [0.29, 0.717) is 0 Å². The van der Waals surface area contributed by atoms with Crippen molar-refractivity contribution in [3.8, 4) is 0 Å². The predicted molar refractivity (Wildman–Crippen MR) is 61.8 cm³/mol. The Labute approximate surface area is 105 Å². The largest absolute Gasteiger partial charge is 0.549 e. The van der Waals surface area contributed by atoms with Crippen LogP contribution in [0.15, 0.2) is 30.8 Å². The fourth-order valence-electron chi connectivity index (χ4n) is 1.55. The Morgan fingerprint density at radius 3 is 2.00 bits per heavy atom. The maximum atomic E-state index is 10.5. The molecule has 0 aromatic heterocycles. The lowest BCUT2D eigenvalue weighted by Crippen LogP contribution is -2.43. The van der Waals surface area contributed by atoms with Gasteiger partial charge in [-0.1, -0.05) is 36.9 Å². The summed E-state index contributed by atoms with van der Waals surface area (Å²) in [5, 5.41) is 21.0. The number of hydrogen-bond donors (Lipinski definition) is 0. The quantitative estimate of drug-likeness (QED) is 0.593. The highest BCUT2D eigenvalue weighted by atomic mass is 16.4. The Bertz CT molecular complexity index is 423. The van der Waals surface area contributed by atoms with Crippen LogP contribution in [0.5, 0.6) is 0 Å². The van der Waals surface area contributed by atoms with Crippen LogP contribution in [-0.4, -0.2) is 29.9 Å². The van der Waals surface area contributed by atoms with E-state index in [1.54, 1.807) is 18.2 Å². The van der Waals surface area contributed by atoms with Gasteiger partial charge < -0.3 is 19.8 Å². The zero-order chi connectivity index (χ0) is 13.5. The van der Waals surface area contributed by atoms with Crippen molar-refractivity contribution < 1.29 is 19.8 Å². The Morgan fingerprint density at radius 2 is 1.61 bits per heavy atom. The van der Waals surface area contributed by atoms with Gasteiger partial charge in [-0.15, -0.1) is 0 Å². The monoisotopic (exact) mass is 247 g/mol.